The van der Waals surface area contributed by atoms with Gasteiger partial charge in [-0.1, -0.05) is 11.6 Å². The highest BCUT2D eigenvalue weighted by Crippen LogP contribution is 2.34. The van der Waals surface area contributed by atoms with E-state index in [-0.39, 0.29) is 22.6 Å². The molecule has 0 radical (unpaired) electrons. The molecule has 1 aliphatic heterocycles. The van der Waals surface area contributed by atoms with Crippen LogP contribution in [0.25, 0.3) is 11.0 Å². The Morgan fingerprint density at radius 2 is 2.29 bits per heavy atom. The van der Waals surface area contributed by atoms with Gasteiger partial charge in [-0.05, 0) is 12.1 Å². The van der Waals surface area contributed by atoms with Crippen LogP contribution in [0.2, 0.25) is 5.02 Å². The van der Waals surface area contributed by atoms with Gasteiger partial charge >= 0.3 is 0 Å². The van der Waals surface area contributed by atoms with Crippen molar-refractivity contribution < 1.29 is 4.79 Å². The van der Waals surface area contributed by atoms with Crippen molar-refractivity contribution in [2.45, 2.75) is 6.92 Å². The predicted octanol–water partition coefficient (Wildman–Crippen LogP) is 2.05. The quantitative estimate of drug-likeness (QED) is 0.622. The van der Waals surface area contributed by atoms with E-state index in [1.54, 1.807) is 12.1 Å². The molecular weight excluding hydrogens is 316 g/mol. The Hall–Kier alpha value is -2.13. The van der Waals surface area contributed by atoms with Crippen molar-refractivity contribution in [1.29, 1.82) is 0 Å². The van der Waals surface area contributed by atoms with Gasteiger partial charge in [-0.2, -0.15) is 13.8 Å². The first-order valence-electron chi connectivity index (χ1n) is 6.00. The maximum Gasteiger partial charge on any atom is 0.232 e. The Labute approximate surface area is 128 Å². The molecule has 2 heterocycles. The fourth-order valence-corrected chi connectivity index (χ4v) is 2.88. The molecule has 21 heavy (non-hydrogen) atoms. The van der Waals surface area contributed by atoms with E-state index in [2.05, 4.69) is 19.0 Å². The molecule has 0 unspecified atom stereocenters. The lowest BCUT2D eigenvalue weighted by atomic mass is 10.2. The third-order valence-corrected chi connectivity index (χ3v) is 3.88. The van der Waals surface area contributed by atoms with E-state index in [0.29, 0.717) is 24.1 Å². The number of guanidine groups is 1. The van der Waals surface area contributed by atoms with Gasteiger partial charge in [0.1, 0.15) is 16.7 Å². The molecule has 0 N–H and O–H groups in total. The molecule has 0 bridgehead atoms. The standard InChI is InChI=1S/C11H9ClN6O2S/c1-6(19)17-5-4-13-11(17)18(16-20)10-7(12)2-3-8-9(10)15-21-14-8/h2-3H,4-5H2,1H3. The van der Waals surface area contributed by atoms with Crippen LogP contribution >= 0.6 is 23.3 Å². The van der Waals surface area contributed by atoms with E-state index < -0.39 is 0 Å². The number of aromatic nitrogens is 2. The Balaban J connectivity index is 2.15. The molecule has 0 fully saturated rings. The number of benzene rings is 1. The van der Waals surface area contributed by atoms with Crippen LogP contribution in [-0.4, -0.2) is 38.6 Å². The lowest BCUT2D eigenvalue weighted by molar-refractivity contribution is -0.124. The predicted molar refractivity (Wildman–Crippen MR) is 80.4 cm³/mol. The summed E-state index contributed by atoms with van der Waals surface area (Å²) in [6.07, 6.45) is 0. The first-order chi connectivity index (χ1) is 10.1. The number of aliphatic imine (C=N–C) groups is 1. The molecule has 0 saturated carbocycles. The lowest BCUT2D eigenvalue weighted by Crippen LogP contribution is -2.42. The van der Waals surface area contributed by atoms with Crippen molar-refractivity contribution in [3.8, 4) is 0 Å². The third kappa shape index (κ3) is 2.24. The molecule has 3 rings (SSSR count). The van der Waals surface area contributed by atoms with E-state index in [9.17, 15) is 9.70 Å². The van der Waals surface area contributed by atoms with Crippen LogP contribution in [0.4, 0.5) is 5.69 Å². The van der Waals surface area contributed by atoms with Gasteiger partial charge in [0.15, 0.2) is 0 Å². The van der Waals surface area contributed by atoms with Crippen LogP contribution in [0.3, 0.4) is 0 Å². The van der Waals surface area contributed by atoms with Crippen LogP contribution in [-0.2, 0) is 4.79 Å². The molecule has 2 aromatic rings. The molecule has 1 aromatic heterocycles. The minimum atomic E-state index is -0.223. The normalized spacial score (nSPS) is 14.4. The van der Waals surface area contributed by atoms with Gasteiger partial charge in [-0.15, -0.1) is 4.91 Å². The van der Waals surface area contributed by atoms with Crippen LogP contribution in [0, 0.1) is 4.91 Å². The molecule has 1 aromatic carbocycles. The second-order valence-electron chi connectivity index (χ2n) is 4.27. The van der Waals surface area contributed by atoms with Gasteiger partial charge in [-0.25, -0.2) is 4.99 Å². The summed E-state index contributed by atoms with van der Waals surface area (Å²) < 4.78 is 8.24. The second-order valence-corrected chi connectivity index (χ2v) is 5.21. The van der Waals surface area contributed by atoms with E-state index >= 15 is 0 Å². The topological polar surface area (TPSA) is 91.1 Å². The summed E-state index contributed by atoms with van der Waals surface area (Å²) in [6.45, 7) is 2.21. The Morgan fingerprint density at radius 3 is 3.00 bits per heavy atom. The van der Waals surface area contributed by atoms with Gasteiger partial charge < -0.3 is 0 Å². The molecule has 1 amide bonds. The highest BCUT2D eigenvalue weighted by molar-refractivity contribution is 7.00. The zero-order valence-corrected chi connectivity index (χ0v) is 12.4. The van der Waals surface area contributed by atoms with E-state index in [0.717, 1.165) is 16.7 Å². The summed E-state index contributed by atoms with van der Waals surface area (Å²) in [4.78, 5) is 28.5. The van der Waals surface area contributed by atoms with E-state index in [1.807, 2.05) is 0 Å². The molecule has 0 saturated heterocycles. The number of rotatable bonds is 2. The van der Waals surface area contributed by atoms with Gasteiger partial charge in [0.2, 0.25) is 11.9 Å². The molecular formula is C11H9ClN6O2S. The summed E-state index contributed by atoms with van der Waals surface area (Å²) in [5.41, 5.74) is 1.33. The largest absolute Gasteiger partial charge is 0.279 e. The maximum atomic E-state index is 11.6. The minimum Gasteiger partial charge on any atom is -0.279 e. The number of carbonyl (C=O) groups is 1. The van der Waals surface area contributed by atoms with Gasteiger partial charge in [0.25, 0.3) is 0 Å². The van der Waals surface area contributed by atoms with Crippen molar-refractivity contribution in [3.05, 3.63) is 22.1 Å². The average molecular weight is 325 g/mol. The number of nitroso groups, excluding NO2 is 1. The van der Waals surface area contributed by atoms with E-state index in [1.165, 1.54) is 11.8 Å². The Kier molecular flexibility index (Phi) is 3.52. The Bertz CT molecular complexity index is 760. The van der Waals surface area contributed by atoms with Crippen molar-refractivity contribution in [1.82, 2.24) is 13.6 Å². The van der Waals surface area contributed by atoms with Gasteiger partial charge in [0.05, 0.1) is 28.6 Å². The van der Waals surface area contributed by atoms with Crippen LogP contribution in [0.5, 0.6) is 0 Å². The molecule has 10 heteroatoms. The summed E-state index contributed by atoms with van der Waals surface area (Å²) >= 11 is 7.18. The smallest absolute Gasteiger partial charge is 0.232 e. The van der Waals surface area contributed by atoms with Crippen LogP contribution < -0.4 is 5.01 Å². The first kappa shape index (κ1) is 13.8. The second kappa shape index (κ2) is 5.34. The average Bonchev–Trinajstić information content (AvgIpc) is 3.10. The van der Waals surface area contributed by atoms with Gasteiger partial charge in [0, 0.05) is 13.5 Å². The maximum absolute atomic E-state index is 11.6. The highest BCUT2D eigenvalue weighted by atomic mass is 35.5. The van der Waals surface area contributed by atoms with E-state index in [4.69, 9.17) is 11.6 Å². The summed E-state index contributed by atoms with van der Waals surface area (Å²) in [7, 11) is 0. The molecule has 0 spiro atoms. The molecule has 0 atom stereocenters. The zero-order valence-electron chi connectivity index (χ0n) is 10.9. The zero-order chi connectivity index (χ0) is 15.0. The van der Waals surface area contributed by atoms with Crippen molar-refractivity contribution in [2.24, 2.45) is 10.3 Å². The highest BCUT2D eigenvalue weighted by Gasteiger charge is 2.31. The number of hydrogen-bond donors (Lipinski definition) is 0. The number of hydrogen-bond acceptors (Lipinski definition) is 7. The SMILES string of the molecule is CC(=O)N1CCN=C1N(N=O)c1c(Cl)ccc2nsnc12. The van der Waals surface area contributed by atoms with Crippen molar-refractivity contribution >= 4 is 51.9 Å². The third-order valence-electron chi connectivity index (χ3n) is 3.03. The molecule has 108 valence electrons. The summed E-state index contributed by atoms with van der Waals surface area (Å²) in [6, 6.07) is 3.30. The number of amides is 1. The van der Waals surface area contributed by atoms with Crippen LogP contribution in [0.1, 0.15) is 6.92 Å². The number of nitrogens with zero attached hydrogens (tertiary/aromatic N) is 6. The van der Waals surface area contributed by atoms with Crippen molar-refractivity contribution in [2.75, 3.05) is 18.1 Å². The van der Waals surface area contributed by atoms with Gasteiger partial charge in [-0.3, -0.25) is 9.69 Å². The molecule has 1 aliphatic rings. The number of anilines is 1. The monoisotopic (exact) mass is 324 g/mol. The first-order valence-corrected chi connectivity index (χ1v) is 7.11. The fraction of sp³-hybridized carbons (Fsp3) is 0.273. The molecule has 8 nitrogen and oxygen atoms in total. The summed E-state index contributed by atoms with van der Waals surface area (Å²) in [5.74, 6) is -0.0699. The minimum absolute atomic E-state index is 0.153. The van der Waals surface area contributed by atoms with Crippen LogP contribution in [0.15, 0.2) is 22.4 Å². The Morgan fingerprint density at radius 1 is 1.48 bits per heavy atom. The molecule has 0 aliphatic carbocycles. The lowest BCUT2D eigenvalue weighted by Gasteiger charge is -2.23. The summed E-state index contributed by atoms with van der Waals surface area (Å²) in [5, 5.41) is 4.26. The number of halogens is 1. The van der Waals surface area contributed by atoms with Crippen molar-refractivity contribution in [3.63, 3.8) is 0 Å². The number of fused-ring (bicyclic) bond motifs is 1. The fourth-order valence-electron chi connectivity index (χ4n) is 2.11. The number of carbonyl (C=O) groups excluding carboxylic acids is 1.